The third-order valence-electron chi connectivity index (χ3n) is 11.8. The van der Waals surface area contributed by atoms with Crippen molar-refractivity contribution in [2.45, 2.75) is 245 Å². The van der Waals surface area contributed by atoms with Gasteiger partial charge in [-0.3, -0.25) is 14.4 Å². The van der Waals surface area contributed by atoms with E-state index in [4.69, 9.17) is 14.2 Å². The summed E-state index contributed by atoms with van der Waals surface area (Å²) >= 11 is 0. The van der Waals surface area contributed by atoms with Crippen molar-refractivity contribution in [2.75, 3.05) is 13.2 Å². The second kappa shape index (κ2) is 59.8. The molecule has 0 aliphatic heterocycles. The van der Waals surface area contributed by atoms with E-state index in [-0.39, 0.29) is 44.0 Å². The molecule has 410 valence electrons. The largest absolute Gasteiger partial charge is 0.462 e. The predicted molar refractivity (Wildman–Crippen MR) is 315 cm³/mol. The van der Waals surface area contributed by atoms with Crippen LogP contribution in [0.3, 0.4) is 0 Å². The summed E-state index contributed by atoms with van der Waals surface area (Å²) in [6, 6.07) is 0. The summed E-state index contributed by atoms with van der Waals surface area (Å²) in [6.07, 6.45) is 85.5. The van der Waals surface area contributed by atoms with E-state index in [2.05, 4.69) is 167 Å². The maximum atomic E-state index is 12.9. The molecule has 0 aliphatic rings. The van der Waals surface area contributed by atoms with Crippen molar-refractivity contribution in [1.82, 2.24) is 0 Å². The molecule has 6 heteroatoms. The van der Waals surface area contributed by atoms with Crippen molar-refractivity contribution < 1.29 is 28.6 Å². The Morgan fingerprint density at radius 3 is 0.890 bits per heavy atom. The number of carbonyl (C=O) groups excluding carboxylic acids is 3. The molecule has 0 bridgehead atoms. The summed E-state index contributed by atoms with van der Waals surface area (Å²) in [5, 5.41) is 0. The van der Waals surface area contributed by atoms with Crippen LogP contribution in [0.1, 0.15) is 239 Å². The second-order valence-corrected chi connectivity index (χ2v) is 18.8. The van der Waals surface area contributed by atoms with Gasteiger partial charge in [-0.1, -0.05) is 224 Å². The number of hydrogen-bond donors (Lipinski definition) is 0. The van der Waals surface area contributed by atoms with E-state index in [9.17, 15) is 14.4 Å². The highest BCUT2D eigenvalue weighted by molar-refractivity contribution is 5.71. The molecule has 0 rings (SSSR count). The highest BCUT2D eigenvalue weighted by Crippen LogP contribution is 2.13. The average molecular weight is 1010 g/mol. The summed E-state index contributed by atoms with van der Waals surface area (Å²) in [5.41, 5.74) is 0. The zero-order chi connectivity index (χ0) is 52.9. The van der Waals surface area contributed by atoms with Gasteiger partial charge in [0.15, 0.2) is 6.10 Å². The van der Waals surface area contributed by atoms with Gasteiger partial charge in [-0.25, -0.2) is 0 Å². The normalized spacial score (nSPS) is 13.2. The van der Waals surface area contributed by atoms with Crippen LogP contribution >= 0.6 is 0 Å². The van der Waals surface area contributed by atoms with Crippen LogP contribution in [-0.2, 0) is 28.6 Å². The SMILES string of the molecule is CC/C=C\C/C=C\C/C=C\C/C=C\C/C=C\C/C=C\CCCCC(=O)OCC(COC(=O)CCCCCCC/C=C\CCCCCCCC)OC(=O)CCCCC/C=C\C/C=C\C/C=C\C/C=C\C/C=C\CC. The van der Waals surface area contributed by atoms with E-state index in [1.807, 2.05) is 0 Å². The lowest BCUT2D eigenvalue weighted by molar-refractivity contribution is -0.167. The first kappa shape index (κ1) is 68.3. The van der Waals surface area contributed by atoms with E-state index >= 15 is 0 Å². The molecule has 73 heavy (non-hydrogen) atoms. The molecule has 6 nitrogen and oxygen atoms in total. The number of esters is 3. The minimum Gasteiger partial charge on any atom is -0.462 e. The Labute approximate surface area is 448 Å². The molecular weight excluding hydrogens is 901 g/mol. The number of allylic oxidation sites excluding steroid dienone is 24. The maximum Gasteiger partial charge on any atom is 0.306 e. The highest BCUT2D eigenvalue weighted by Gasteiger charge is 2.19. The fourth-order valence-electron chi connectivity index (χ4n) is 7.47. The van der Waals surface area contributed by atoms with Gasteiger partial charge in [-0.2, -0.15) is 0 Å². The van der Waals surface area contributed by atoms with Gasteiger partial charge < -0.3 is 14.2 Å². The Balaban J connectivity index is 4.57. The van der Waals surface area contributed by atoms with Gasteiger partial charge in [-0.15, -0.1) is 0 Å². The fraction of sp³-hybridized carbons (Fsp3) is 0.597. The highest BCUT2D eigenvalue weighted by atomic mass is 16.6. The summed E-state index contributed by atoms with van der Waals surface area (Å²) in [7, 11) is 0. The first-order chi connectivity index (χ1) is 36.0. The molecule has 0 spiro atoms. The van der Waals surface area contributed by atoms with Crippen LogP contribution in [0, 0.1) is 0 Å². The summed E-state index contributed by atoms with van der Waals surface area (Å²) in [5.74, 6) is -1.01. The number of rotatable bonds is 51. The number of unbranched alkanes of at least 4 members (excludes halogenated alkanes) is 16. The predicted octanol–water partition coefficient (Wildman–Crippen LogP) is 20.0. The molecule has 0 amide bonds. The minimum atomic E-state index is -0.824. The quantitative estimate of drug-likeness (QED) is 0.0261. The Kier molecular flexibility index (Phi) is 56.0. The molecule has 0 saturated carbocycles. The molecule has 0 aromatic heterocycles. The van der Waals surface area contributed by atoms with Gasteiger partial charge >= 0.3 is 17.9 Å². The van der Waals surface area contributed by atoms with E-state index in [1.165, 1.54) is 51.4 Å². The van der Waals surface area contributed by atoms with Gasteiger partial charge in [0.1, 0.15) is 13.2 Å². The lowest BCUT2D eigenvalue weighted by Gasteiger charge is -2.18. The molecule has 0 aliphatic carbocycles. The van der Waals surface area contributed by atoms with Gasteiger partial charge in [-0.05, 0) is 141 Å². The molecule has 0 radical (unpaired) electrons. The first-order valence-electron chi connectivity index (χ1n) is 29.3. The van der Waals surface area contributed by atoms with Crippen LogP contribution in [0.2, 0.25) is 0 Å². The third-order valence-corrected chi connectivity index (χ3v) is 11.8. The molecular formula is C67H106O6. The Morgan fingerprint density at radius 2 is 0.534 bits per heavy atom. The summed E-state index contributed by atoms with van der Waals surface area (Å²) in [6.45, 7) is 6.33. The van der Waals surface area contributed by atoms with Crippen LogP contribution in [-0.4, -0.2) is 37.2 Å². The molecule has 1 atom stereocenters. The van der Waals surface area contributed by atoms with Gasteiger partial charge in [0.05, 0.1) is 0 Å². The van der Waals surface area contributed by atoms with Gasteiger partial charge in [0, 0.05) is 19.3 Å². The van der Waals surface area contributed by atoms with Crippen LogP contribution < -0.4 is 0 Å². The Morgan fingerprint density at radius 1 is 0.288 bits per heavy atom. The van der Waals surface area contributed by atoms with E-state index in [0.717, 1.165) is 135 Å². The molecule has 1 unspecified atom stereocenters. The third kappa shape index (κ3) is 58.1. The summed E-state index contributed by atoms with van der Waals surface area (Å²) < 4.78 is 16.8. The van der Waals surface area contributed by atoms with Crippen molar-refractivity contribution in [3.8, 4) is 0 Å². The van der Waals surface area contributed by atoms with Gasteiger partial charge in [0.2, 0.25) is 0 Å². The fourth-order valence-corrected chi connectivity index (χ4v) is 7.47. The van der Waals surface area contributed by atoms with Crippen LogP contribution in [0.25, 0.3) is 0 Å². The molecule has 0 N–H and O–H groups in total. The van der Waals surface area contributed by atoms with Crippen LogP contribution in [0.15, 0.2) is 146 Å². The molecule has 0 aromatic carbocycles. The Bertz CT molecular complexity index is 1630. The van der Waals surface area contributed by atoms with Crippen LogP contribution in [0.4, 0.5) is 0 Å². The molecule has 0 saturated heterocycles. The minimum absolute atomic E-state index is 0.115. The number of carbonyl (C=O) groups is 3. The van der Waals surface area contributed by atoms with E-state index < -0.39 is 6.10 Å². The number of ether oxygens (including phenoxy) is 3. The number of hydrogen-bond acceptors (Lipinski definition) is 6. The average Bonchev–Trinajstić information content (AvgIpc) is 3.39. The first-order valence-corrected chi connectivity index (χ1v) is 29.3. The topological polar surface area (TPSA) is 78.9 Å². The zero-order valence-corrected chi connectivity index (χ0v) is 46.8. The van der Waals surface area contributed by atoms with Crippen molar-refractivity contribution in [2.24, 2.45) is 0 Å². The van der Waals surface area contributed by atoms with Crippen molar-refractivity contribution >= 4 is 17.9 Å². The smallest absolute Gasteiger partial charge is 0.306 e. The van der Waals surface area contributed by atoms with E-state index in [0.29, 0.717) is 19.3 Å². The molecule has 0 aromatic rings. The van der Waals surface area contributed by atoms with Crippen molar-refractivity contribution in [3.63, 3.8) is 0 Å². The monoisotopic (exact) mass is 1010 g/mol. The lowest BCUT2D eigenvalue weighted by Crippen LogP contribution is -2.30. The second-order valence-electron chi connectivity index (χ2n) is 18.8. The molecule has 0 heterocycles. The lowest BCUT2D eigenvalue weighted by atomic mass is 10.1. The molecule has 0 fully saturated rings. The standard InChI is InChI=1S/C67H106O6/c1-4-7-10-13-16-19-22-25-28-30-32-33-35-36-39-42-45-48-51-54-57-60-66(69)72-63-64(62-71-65(68)59-56-53-50-47-44-41-38-27-24-21-18-15-12-9-6-3)73-67(70)61-58-55-52-49-46-43-40-37-34-31-29-26-23-20-17-14-11-8-5-2/h7-8,10-11,16-17,19-20,25-29,32-34,36-39,43,45-46,48,64H,4-6,9,12-15,18,21-24,30-31,35,40-42,44,47,49-63H2,1-3H3/b10-7-,11-8-,19-16-,20-17-,28-25-,29-26-,33-32-,37-34-,38-27-,39-36-,46-43-,48-45-. The van der Waals surface area contributed by atoms with Crippen molar-refractivity contribution in [1.29, 1.82) is 0 Å². The van der Waals surface area contributed by atoms with Crippen LogP contribution in [0.5, 0.6) is 0 Å². The maximum absolute atomic E-state index is 12.9. The van der Waals surface area contributed by atoms with Crippen molar-refractivity contribution in [3.05, 3.63) is 146 Å². The summed E-state index contributed by atoms with van der Waals surface area (Å²) in [4.78, 5) is 38.2. The zero-order valence-electron chi connectivity index (χ0n) is 46.8. The van der Waals surface area contributed by atoms with Gasteiger partial charge in [0.25, 0.3) is 0 Å². The van der Waals surface area contributed by atoms with E-state index in [1.54, 1.807) is 0 Å². The Hall–Kier alpha value is -4.71.